The number of benzene rings is 1. The zero-order valence-corrected chi connectivity index (χ0v) is 10.4. The van der Waals surface area contributed by atoms with Crippen LogP contribution in [0.25, 0.3) is 0 Å². The van der Waals surface area contributed by atoms with E-state index >= 15 is 0 Å². The number of nitrogens with zero attached hydrogens (tertiary/aromatic N) is 1. The van der Waals surface area contributed by atoms with E-state index < -0.39 is 4.92 Å². The number of rotatable bonds is 6. The number of nitro groups is 1. The molecule has 0 aliphatic rings. The second-order valence-corrected chi connectivity index (χ2v) is 4.24. The first-order valence-electron chi connectivity index (χ1n) is 5.10. The van der Waals surface area contributed by atoms with Crippen LogP contribution in [0.1, 0.15) is 17.3 Å². The fourth-order valence-electron chi connectivity index (χ4n) is 1.23. The number of nitro benzene ring substituents is 1. The molecule has 1 aromatic carbocycles. The van der Waals surface area contributed by atoms with E-state index in [9.17, 15) is 19.7 Å². The van der Waals surface area contributed by atoms with E-state index in [0.29, 0.717) is 17.8 Å². The maximum Gasteiger partial charge on any atom is 0.316 e. The van der Waals surface area contributed by atoms with Crippen molar-refractivity contribution in [1.82, 2.24) is 0 Å². The molecule has 0 bridgehead atoms. The van der Waals surface area contributed by atoms with Gasteiger partial charge in [-0.25, -0.2) is 0 Å². The van der Waals surface area contributed by atoms with Crippen LogP contribution >= 0.6 is 11.8 Å². The monoisotopic (exact) mass is 269 g/mol. The van der Waals surface area contributed by atoms with Crippen molar-refractivity contribution in [3.63, 3.8) is 0 Å². The summed E-state index contributed by atoms with van der Waals surface area (Å²) in [5.41, 5.74) is -0.251. The molecule has 0 saturated carbocycles. The molecule has 0 N–H and O–H groups in total. The maximum atomic E-state index is 11.1. The second-order valence-electron chi connectivity index (χ2n) is 3.19. The van der Waals surface area contributed by atoms with E-state index in [2.05, 4.69) is 0 Å². The van der Waals surface area contributed by atoms with Gasteiger partial charge < -0.3 is 4.74 Å². The van der Waals surface area contributed by atoms with Crippen LogP contribution in [0.2, 0.25) is 0 Å². The van der Waals surface area contributed by atoms with Crippen LogP contribution in [0.3, 0.4) is 0 Å². The molecule has 0 aliphatic heterocycles. The van der Waals surface area contributed by atoms with Crippen molar-refractivity contribution in [3.05, 3.63) is 33.9 Å². The van der Waals surface area contributed by atoms with E-state index in [4.69, 9.17) is 4.74 Å². The number of esters is 1. The van der Waals surface area contributed by atoms with Gasteiger partial charge in [-0.15, -0.1) is 11.8 Å². The largest absolute Gasteiger partial charge is 0.465 e. The lowest BCUT2D eigenvalue weighted by Gasteiger charge is -2.03. The van der Waals surface area contributed by atoms with Gasteiger partial charge in [0.1, 0.15) is 0 Å². The summed E-state index contributed by atoms with van der Waals surface area (Å²) < 4.78 is 4.74. The van der Waals surface area contributed by atoms with Crippen LogP contribution in [0.4, 0.5) is 5.69 Å². The van der Waals surface area contributed by atoms with Crippen LogP contribution in [0.15, 0.2) is 23.1 Å². The van der Waals surface area contributed by atoms with E-state index in [0.717, 1.165) is 11.8 Å². The van der Waals surface area contributed by atoms with Gasteiger partial charge in [-0.3, -0.25) is 19.7 Å². The quantitative estimate of drug-likeness (QED) is 0.258. The molecule has 96 valence electrons. The minimum Gasteiger partial charge on any atom is -0.465 e. The summed E-state index contributed by atoms with van der Waals surface area (Å²) in [6.45, 7) is 2.01. The molecule has 1 aromatic rings. The van der Waals surface area contributed by atoms with Crippen molar-refractivity contribution >= 4 is 29.7 Å². The summed E-state index contributed by atoms with van der Waals surface area (Å²) >= 11 is 1.16. The fraction of sp³-hybridized carbons (Fsp3) is 0.273. The molecule has 0 heterocycles. The first kappa shape index (κ1) is 14.2. The molecule has 0 aliphatic carbocycles. The molecule has 0 aromatic heterocycles. The topological polar surface area (TPSA) is 86.5 Å². The van der Waals surface area contributed by atoms with Crippen LogP contribution in [-0.2, 0) is 9.53 Å². The highest BCUT2D eigenvalue weighted by Gasteiger charge is 2.14. The van der Waals surface area contributed by atoms with Crippen molar-refractivity contribution in [2.45, 2.75) is 11.8 Å². The average molecular weight is 269 g/mol. The van der Waals surface area contributed by atoms with Crippen LogP contribution in [-0.4, -0.2) is 29.5 Å². The Bertz CT molecular complexity index is 475. The molecule has 0 fully saturated rings. The Morgan fingerprint density at radius 3 is 2.83 bits per heavy atom. The molecule has 1 rings (SSSR count). The van der Waals surface area contributed by atoms with Crippen molar-refractivity contribution in [3.8, 4) is 0 Å². The first-order chi connectivity index (χ1) is 8.58. The van der Waals surface area contributed by atoms with Gasteiger partial charge in [-0.05, 0) is 19.1 Å². The van der Waals surface area contributed by atoms with E-state index in [-0.39, 0.29) is 23.0 Å². The Hall–Kier alpha value is -1.89. The molecule has 0 unspecified atom stereocenters. The third kappa shape index (κ3) is 3.85. The van der Waals surface area contributed by atoms with Gasteiger partial charge in [0.05, 0.1) is 22.8 Å². The van der Waals surface area contributed by atoms with Crippen molar-refractivity contribution in [1.29, 1.82) is 0 Å². The van der Waals surface area contributed by atoms with Gasteiger partial charge in [-0.1, -0.05) is 0 Å². The van der Waals surface area contributed by atoms with Crippen LogP contribution < -0.4 is 0 Å². The summed E-state index contributed by atoms with van der Waals surface area (Å²) in [4.78, 5) is 32.4. The number of hydrogen-bond donors (Lipinski definition) is 0. The lowest BCUT2D eigenvalue weighted by atomic mass is 10.2. The number of hydrogen-bond acceptors (Lipinski definition) is 6. The third-order valence-corrected chi connectivity index (χ3v) is 2.95. The standard InChI is InChI=1S/C11H11NO5S/c1-2-17-11(14)7-18-9-3-4-10(12(15)16)8(5-9)6-13/h3-6H,2,7H2,1H3. The van der Waals surface area contributed by atoms with Gasteiger partial charge in [-0.2, -0.15) is 0 Å². The number of ether oxygens (including phenoxy) is 1. The highest BCUT2D eigenvalue weighted by molar-refractivity contribution is 8.00. The summed E-state index contributed by atoms with van der Waals surface area (Å²) in [6.07, 6.45) is 0.423. The predicted octanol–water partition coefficient (Wildman–Crippen LogP) is 2.06. The van der Waals surface area contributed by atoms with Gasteiger partial charge in [0.15, 0.2) is 6.29 Å². The summed E-state index contributed by atoms with van der Waals surface area (Å²) in [5.74, 6) is -0.266. The smallest absolute Gasteiger partial charge is 0.316 e. The summed E-state index contributed by atoms with van der Waals surface area (Å²) in [7, 11) is 0. The number of carbonyl (C=O) groups excluding carboxylic acids is 2. The van der Waals surface area contributed by atoms with Gasteiger partial charge in [0, 0.05) is 11.0 Å². The fourth-order valence-corrected chi connectivity index (χ4v) is 1.97. The molecule has 7 heteroatoms. The first-order valence-corrected chi connectivity index (χ1v) is 6.09. The lowest BCUT2D eigenvalue weighted by molar-refractivity contribution is -0.385. The lowest BCUT2D eigenvalue weighted by Crippen LogP contribution is -2.06. The zero-order valence-electron chi connectivity index (χ0n) is 9.62. The Morgan fingerprint density at radius 2 is 2.28 bits per heavy atom. The van der Waals surface area contributed by atoms with Crippen molar-refractivity contribution in [2.75, 3.05) is 12.4 Å². The minimum absolute atomic E-state index is 0.00569. The number of thioether (sulfide) groups is 1. The molecule has 0 radical (unpaired) electrons. The van der Waals surface area contributed by atoms with Crippen LogP contribution in [0, 0.1) is 10.1 Å². The molecule has 0 amide bonds. The number of aldehydes is 1. The Kier molecular flexibility index (Phi) is 5.31. The summed E-state index contributed by atoms with van der Waals surface area (Å²) in [5, 5.41) is 10.6. The highest BCUT2D eigenvalue weighted by atomic mass is 32.2. The zero-order chi connectivity index (χ0) is 13.5. The molecule has 0 saturated heterocycles. The molecule has 0 atom stereocenters. The highest BCUT2D eigenvalue weighted by Crippen LogP contribution is 2.25. The van der Waals surface area contributed by atoms with E-state index in [1.54, 1.807) is 6.92 Å². The Balaban J connectivity index is 2.77. The number of carbonyl (C=O) groups is 2. The summed E-state index contributed by atoms with van der Waals surface area (Å²) in [6, 6.07) is 4.13. The van der Waals surface area contributed by atoms with Gasteiger partial charge in [0.25, 0.3) is 5.69 Å². The SMILES string of the molecule is CCOC(=O)CSc1ccc([N+](=O)[O-])c(C=O)c1. The molecule has 18 heavy (non-hydrogen) atoms. The van der Waals surface area contributed by atoms with Crippen molar-refractivity contribution < 1.29 is 19.2 Å². The van der Waals surface area contributed by atoms with E-state index in [1.807, 2.05) is 0 Å². The van der Waals surface area contributed by atoms with Gasteiger partial charge in [0.2, 0.25) is 0 Å². The molecular weight excluding hydrogens is 258 g/mol. The third-order valence-electron chi connectivity index (χ3n) is 1.98. The Morgan fingerprint density at radius 1 is 1.56 bits per heavy atom. The Labute approximate surface area is 107 Å². The van der Waals surface area contributed by atoms with Crippen molar-refractivity contribution in [2.24, 2.45) is 0 Å². The molecule has 0 spiro atoms. The van der Waals surface area contributed by atoms with Crippen LogP contribution in [0.5, 0.6) is 0 Å². The maximum absolute atomic E-state index is 11.1. The normalized spacial score (nSPS) is 9.83. The molecule has 6 nitrogen and oxygen atoms in total. The van der Waals surface area contributed by atoms with E-state index in [1.165, 1.54) is 18.2 Å². The predicted molar refractivity (Wildman–Crippen MR) is 65.8 cm³/mol. The minimum atomic E-state index is -0.622. The van der Waals surface area contributed by atoms with Gasteiger partial charge >= 0.3 is 5.97 Å². The second kappa shape index (κ2) is 6.75. The molecular formula is C11H11NO5S. The average Bonchev–Trinajstić information content (AvgIpc) is 2.36.